The average molecular weight is 430 g/mol. The number of H-pyrrole nitrogens is 1. The summed E-state index contributed by atoms with van der Waals surface area (Å²) in [6.45, 7) is 0.327. The first-order valence-electron chi connectivity index (χ1n) is 9.44. The van der Waals surface area contributed by atoms with Crippen LogP contribution in [0.2, 0.25) is 0 Å². The maximum absolute atomic E-state index is 13.3. The number of hydrogen-bond donors (Lipinski definition) is 1. The normalized spacial score (nSPS) is 10.5. The summed E-state index contributed by atoms with van der Waals surface area (Å²) in [5.41, 5.74) is 4.13. The van der Waals surface area contributed by atoms with Gasteiger partial charge in [-0.25, -0.2) is 8.78 Å². The highest BCUT2D eigenvalue weighted by Gasteiger charge is 2.11. The molecule has 4 rings (SSSR count). The molecule has 0 unspecified atom stereocenters. The third kappa shape index (κ3) is 4.68. The summed E-state index contributed by atoms with van der Waals surface area (Å²) < 4.78 is 32.4. The third-order valence-corrected chi connectivity index (χ3v) is 5.09. The number of halogens is 2. The SMILES string of the molecule is N#Cc1c(-c2ccc(F)cc2)cc(-c2ccc(OCc3ccc(F)cc3)cc2)[nH]c1=S. The topological polar surface area (TPSA) is 48.8 Å². The number of hydrogen-bond acceptors (Lipinski definition) is 3. The maximum atomic E-state index is 13.3. The van der Waals surface area contributed by atoms with Crippen molar-refractivity contribution in [1.82, 2.24) is 4.98 Å². The van der Waals surface area contributed by atoms with E-state index in [9.17, 15) is 14.0 Å². The van der Waals surface area contributed by atoms with Crippen LogP contribution in [0.5, 0.6) is 5.75 Å². The number of rotatable bonds is 5. The Morgan fingerprint density at radius 2 is 1.42 bits per heavy atom. The number of nitrogens with one attached hydrogen (secondary N) is 1. The maximum Gasteiger partial charge on any atom is 0.123 e. The van der Waals surface area contributed by atoms with Gasteiger partial charge in [-0.2, -0.15) is 5.26 Å². The predicted octanol–water partition coefficient (Wildman–Crippen LogP) is 6.81. The van der Waals surface area contributed by atoms with E-state index in [2.05, 4.69) is 11.1 Å². The Hall–Kier alpha value is -3.82. The van der Waals surface area contributed by atoms with Gasteiger partial charge in [-0.1, -0.05) is 36.5 Å². The fraction of sp³-hybridized carbons (Fsp3) is 0.0400. The fourth-order valence-corrected chi connectivity index (χ4v) is 3.43. The molecule has 0 radical (unpaired) electrons. The van der Waals surface area contributed by atoms with Crippen LogP contribution in [-0.2, 0) is 6.61 Å². The molecule has 0 aliphatic carbocycles. The van der Waals surface area contributed by atoms with Crippen molar-refractivity contribution in [3.8, 4) is 34.2 Å². The van der Waals surface area contributed by atoms with Crippen LogP contribution in [0.25, 0.3) is 22.4 Å². The molecule has 0 saturated carbocycles. The van der Waals surface area contributed by atoms with Gasteiger partial charge in [0.2, 0.25) is 0 Å². The molecule has 0 aliphatic heterocycles. The number of aromatic amines is 1. The van der Waals surface area contributed by atoms with Crippen LogP contribution in [-0.4, -0.2) is 4.98 Å². The van der Waals surface area contributed by atoms with E-state index in [1.165, 1.54) is 24.3 Å². The Morgan fingerprint density at radius 1 is 0.839 bits per heavy atom. The molecule has 1 heterocycles. The van der Waals surface area contributed by atoms with Crippen molar-refractivity contribution in [2.45, 2.75) is 6.61 Å². The Bertz CT molecular complexity index is 1310. The molecule has 0 spiro atoms. The lowest BCUT2D eigenvalue weighted by atomic mass is 9.99. The van der Waals surface area contributed by atoms with Crippen molar-refractivity contribution < 1.29 is 13.5 Å². The van der Waals surface area contributed by atoms with Crippen LogP contribution in [0.15, 0.2) is 78.9 Å². The summed E-state index contributed by atoms with van der Waals surface area (Å²) in [5, 5.41) is 9.53. The van der Waals surface area contributed by atoms with Gasteiger partial charge in [-0.3, -0.25) is 0 Å². The largest absolute Gasteiger partial charge is 0.489 e. The van der Waals surface area contributed by atoms with Gasteiger partial charge in [-0.15, -0.1) is 0 Å². The molecule has 3 nitrogen and oxygen atoms in total. The van der Waals surface area contributed by atoms with Gasteiger partial charge in [0.1, 0.15) is 34.7 Å². The van der Waals surface area contributed by atoms with Crippen molar-refractivity contribution >= 4 is 12.2 Å². The van der Waals surface area contributed by atoms with Gasteiger partial charge in [0, 0.05) is 11.3 Å². The van der Waals surface area contributed by atoms with Gasteiger partial charge in [0.05, 0.1) is 5.56 Å². The van der Waals surface area contributed by atoms with E-state index in [1.807, 2.05) is 30.3 Å². The zero-order chi connectivity index (χ0) is 21.8. The first kappa shape index (κ1) is 20.5. The second kappa shape index (κ2) is 8.90. The van der Waals surface area contributed by atoms with Gasteiger partial charge in [0.25, 0.3) is 0 Å². The van der Waals surface area contributed by atoms with Gasteiger partial charge in [-0.05, 0) is 71.3 Å². The van der Waals surface area contributed by atoms with E-state index in [0.29, 0.717) is 33.7 Å². The molecule has 3 aromatic carbocycles. The highest BCUT2D eigenvalue weighted by molar-refractivity contribution is 7.71. The minimum atomic E-state index is -0.347. The standard InChI is InChI=1S/C25H16F2N2OS/c26-19-7-1-16(2-8-19)15-30-21-11-5-18(6-12-21)24-13-22(23(14-28)25(31)29-24)17-3-9-20(27)10-4-17/h1-13H,15H2,(H,29,31). The first-order valence-corrected chi connectivity index (χ1v) is 9.85. The monoisotopic (exact) mass is 430 g/mol. The van der Waals surface area contributed by atoms with Crippen LogP contribution in [0, 0.1) is 27.6 Å². The summed E-state index contributed by atoms with van der Waals surface area (Å²) in [6.07, 6.45) is 0. The van der Waals surface area contributed by atoms with Crippen LogP contribution in [0.3, 0.4) is 0 Å². The highest BCUT2D eigenvalue weighted by Crippen LogP contribution is 2.30. The highest BCUT2D eigenvalue weighted by atomic mass is 32.1. The number of ether oxygens (including phenoxy) is 1. The Labute approximate surface area is 183 Å². The Morgan fingerprint density at radius 3 is 2.03 bits per heavy atom. The van der Waals surface area contributed by atoms with E-state index in [4.69, 9.17) is 17.0 Å². The summed E-state index contributed by atoms with van der Waals surface area (Å²) in [7, 11) is 0. The first-order chi connectivity index (χ1) is 15.0. The molecule has 1 N–H and O–H groups in total. The number of pyridine rings is 1. The van der Waals surface area contributed by atoms with E-state index in [0.717, 1.165) is 16.8 Å². The minimum absolute atomic E-state index is 0.284. The van der Waals surface area contributed by atoms with Crippen molar-refractivity contribution in [2.24, 2.45) is 0 Å². The third-order valence-electron chi connectivity index (χ3n) is 4.78. The summed E-state index contributed by atoms with van der Waals surface area (Å²) in [6, 6.07) is 23.5. The van der Waals surface area contributed by atoms with E-state index in [1.54, 1.807) is 24.3 Å². The number of nitriles is 1. The molecule has 0 fully saturated rings. The Balaban J connectivity index is 1.60. The van der Waals surface area contributed by atoms with Crippen LogP contribution in [0.1, 0.15) is 11.1 Å². The Kier molecular flexibility index (Phi) is 5.87. The lowest BCUT2D eigenvalue weighted by Gasteiger charge is -2.11. The number of aromatic nitrogens is 1. The molecule has 6 heteroatoms. The van der Waals surface area contributed by atoms with E-state index >= 15 is 0 Å². The van der Waals surface area contributed by atoms with Gasteiger partial charge >= 0.3 is 0 Å². The summed E-state index contributed by atoms with van der Waals surface area (Å²) in [4.78, 5) is 3.09. The van der Waals surface area contributed by atoms with E-state index < -0.39 is 0 Å². The molecular weight excluding hydrogens is 414 g/mol. The summed E-state index contributed by atoms with van der Waals surface area (Å²) in [5.74, 6) is 0.0340. The molecule has 0 bridgehead atoms. The molecule has 31 heavy (non-hydrogen) atoms. The zero-order valence-electron chi connectivity index (χ0n) is 16.2. The molecule has 1 aromatic heterocycles. The fourth-order valence-electron chi connectivity index (χ4n) is 3.16. The van der Waals surface area contributed by atoms with Crippen molar-refractivity contribution in [3.05, 3.63) is 106 Å². The smallest absolute Gasteiger partial charge is 0.123 e. The zero-order valence-corrected chi connectivity index (χ0v) is 17.0. The van der Waals surface area contributed by atoms with Gasteiger partial charge in [0.15, 0.2) is 0 Å². The number of benzene rings is 3. The van der Waals surface area contributed by atoms with Crippen molar-refractivity contribution in [3.63, 3.8) is 0 Å². The molecule has 0 atom stereocenters. The summed E-state index contributed by atoms with van der Waals surface area (Å²) >= 11 is 5.38. The predicted molar refractivity (Wildman–Crippen MR) is 118 cm³/mol. The van der Waals surface area contributed by atoms with Gasteiger partial charge < -0.3 is 9.72 Å². The molecule has 0 saturated heterocycles. The molecule has 4 aromatic rings. The lowest BCUT2D eigenvalue weighted by Crippen LogP contribution is -1.96. The van der Waals surface area contributed by atoms with Crippen LogP contribution >= 0.6 is 12.2 Å². The minimum Gasteiger partial charge on any atom is -0.489 e. The van der Waals surface area contributed by atoms with Crippen molar-refractivity contribution in [1.29, 1.82) is 5.26 Å². The molecular formula is C25H16F2N2OS. The number of nitrogens with zero attached hydrogens (tertiary/aromatic N) is 1. The molecule has 152 valence electrons. The second-order valence-corrected chi connectivity index (χ2v) is 7.27. The quantitative estimate of drug-likeness (QED) is 0.354. The second-order valence-electron chi connectivity index (χ2n) is 6.86. The van der Waals surface area contributed by atoms with Crippen molar-refractivity contribution in [2.75, 3.05) is 0 Å². The lowest BCUT2D eigenvalue weighted by molar-refractivity contribution is 0.306. The molecule has 0 amide bonds. The van der Waals surface area contributed by atoms with Crippen LogP contribution < -0.4 is 4.74 Å². The molecule has 0 aliphatic rings. The van der Waals surface area contributed by atoms with Crippen LogP contribution in [0.4, 0.5) is 8.78 Å². The average Bonchev–Trinajstić information content (AvgIpc) is 2.79. The van der Waals surface area contributed by atoms with E-state index in [-0.39, 0.29) is 11.6 Å².